The minimum atomic E-state index is -0.178. The summed E-state index contributed by atoms with van der Waals surface area (Å²) in [6, 6.07) is 4.97. The van der Waals surface area contributed by atoms with Gasteiger partial charge in [-0.15, -0.1) is 11.6 Å². The van der Waals surface area contributed by atoms with Crippen molar-refractivity contribution in [2.75, 3.05) is 19.5 Å². The number of hydrogen-bond acceptors (Lipinski definition) is 1. The molecule has 0 heterocycles. The molecule has 1 aromatic rings. The molecule has 0 saturated carbocycles. The Labute approximate surface area is 104 Å². The second-order valence-electron chi connectivity index (χ2n) is 3.02. The zero-order valence-electron chi connectivity index (χ0n) is 8.14. The van der Waals surface area contributed by atoms with Gasteiger partial charge in [0.15, 0.2) is 0 Å². The molecular formula is C10H10Cl3NO. The summed E-state index contributed by atoms with van der Waals surface area (Å²) >= 11 is 17.3. The molecule has 2 nitrogen and oxygen atoms in total. The summed E-state index contributed by atoms with van der Waals surface area (Å²) in [4.78, 5) is 13.3. The van der Waals surface area contributed by atoms with Crippen molar-refractivity contribution in [2.24, 2.45) is 0 Å². The molecule has 0 unspecified atom stereocenters. The largest absolute Gasteiger partial charge is 0.340 e. The molecule has 0 saturated heterocycles. The number of alkyl halides is 1. The van der Waals surface area contributed by atoms with E-state index in [2.05, 4.69) is 0 Å². The quantitative estimate of drug-likeness (QED) is 0.769. The minimum Gasteiger partial charge on any atom is -0.340 e. The number of carbonyl (C=O) groups is 1. The van der Waals surface area contributed by atoms with Crippen LogP contribution in [0.3, 0.4) is 0 Å². The fourth-order valence-electron chi connectivity index (χ4n) is 1.10. The number of rotatable bonds is 3. The first-order valence-corrected chi connectivity index (χ1v) is 5.62. The van der Waals surface area contributed by atoms with Gasteiger partial charge < -0.3 is 4.90 Å². The first-order chi connectivity index (χ1) is 7.07. The van der Waals surface area contributed by atoms with Crippen molar-refractivity contribution in [1.29, 1.82) is 0 Å². The lowest BCUT2D eigenvalue weighted by Gasteiger charge is -2.16. The zero-order valence-corrected chi connectivity index (χ0v) is 10.4. The Bertz CT molecular complexity index is 368. The molecule has 5 heteroatoms. The van der Waals surface area contributed by atoms with Crippen LogP contribution in [-0.2, 0) is 0 Å². The number of hydrogen-bond donors (Lipinski definition) is 0. The highest BCUT2D eigenvalue weighted by atomic mass is 35.5. The second-order valence-corrected chi connectivity index (χ2v) is 4.18. The maximum atomic E-state index is 11.8. The molecule has 0 bridgehead atoms. The van der Waals surface area contributed by atoms with Gasteiger partial charge in [-0.1, -0.05) is 29.3 Å². The standard InChI is InChI=1S/C10H10Cl3NO/c1-14(6-5-11)10(15)7-3-2-4-8(12)9(7)13/h2-4H,5-6H2,1H3. The maximum absolute atomic E-state index is 11.8. The maximum Gasteiger partial charge on any atom is 0.255 e. The molecule has 0 aliphatic heterocycles. The molecule has 0 aromatic heterocycles. The number of benzene rings is 1. The van der Waals surface area contributed by atoms with E-state index in [4.69, 9.17) is 34.8 Å². The third-order valence-electron chi connectivity index (χ3n) is 1.95. The highest BCUT2D eigenvalue weighted by Crippen LogP contribution is 2.26. The molecule has 0 fully saturated rings. The van der Waals surface area contributed by atoms with Gasteiger partial charge in [-0.2, -0.15) is 0 Å². The van der Waals surface area contributed by atoms with Gasteiger partial charge in [0.05, 0.1) is 15.6 Å². The van der Waals surface area contributed by atoms with Crippen molar-refractivity contribution in [1.82, 2.24) is 4.90 Å². The van der Waals surface area contributed by atoms with E-state index in [9.17, 15) is 4.79 Å². The number of amides is 1. The van der Waals surface area contributed by atoms with Crippen molar-refractivity contribution in [3.05, 3.63) is 33.8 Å². The monoisotopic (exact) mass is 265 g/mol. The van der Waals surface area contributed by atoms with E-state index >= 15 is 0 Å². The Hall–Kier alpha value is -0.440. The molecule has 1 aromatic carbocycles. The van der Waals surface area contributed by atoms with E-state index in [1.807, 2.05) is 0 Å². The lowest BCUT2D eigenvalue weighted by atomic mass is 10.2. The van der Waals surface area contributed by atoms with E-state index in [0.717, 1.165) is 0 Å². The number of halogens is 3. The Balaban J connectivity index is 2.96. The third-order valence-corrected chi connectivity index (χ3v) is 2.94. The number of carbonyl (C=O) groups excluding carboxylic acids is 1. The summed E-state index contributed by atoms with van der Waals surface area (Å²) in [5.41, 5.74) is 0.400. The predicted molar refractivity (Wildman–Crippen MR) is 64.1 cm³/mol. The van der Waals surface area contributed by atoms with Crippen LogP contribution in [-0.4, -0.2) is 30.3 Å². The van der Waals surface area contributed by atoms with Crippen LogP contribution in [0.1, 0.15) is 10.4 Å². The Morgan fingerprint density at radius 2 is 2.07 bits per heavy atom. The molecule has 0 atom stereocenters. The van der Waals surface area contributed by atoms with E-state index in [1.165, 1.54) is 4.90 Å². The van der Waals surface area contributed by atoms with Crippen molar-refractivity contribution in [3.63, 3.8) is 0 Å². The topological polar surface area (TPSA) is 20.3 Å². The fraction of sp³-hybridized carbons (Fsp3) is 0.300. The fourth-order valence-corrected chi connectivity index (χ4v) is 1.74. The number of nitrogens with zero attached hydrogens (tertiary/aromatic N) is 1. The minimum absolute atomic E-state index is 0.178. The van der Waals surface area contributed by atoms with Gasteiger partial charge in [0.2, 0.25) is 0 Å². The van der Waals surface area contributed by atoms with Gasteiger partial charge in [0.25, 0.3) is 5.91 Å². The van der Waals surface area contributed by atoms with Crippen LogP contribution in [0.15, 0.2) is 18.2 Å². The van der Waals surface area contributed by atoms with Gasteiger partial charge >= 0.3 is 0 Å². The van der Waals surface area contributed by atoms with Gasteiger partial charge in [0.1, 0.15) is 0 Å². The molecular weight excluding hydrogens is 256 g/mol. The highest BCUT2D eigenvalue weighted by Gasteiger charge is 2.15. The van der Waals surface area contributed by atoms with Crippen LogP contribution in [0, 0.1) is 0 Å². The average molecular weight is 267 g/mol. The van der Waals surface area contributed by atoms with Crippen LogP contribution in [0.25, 0.3) is 0 Å². The van der Waals surface area contributed by atoms with Crippen molar-refractivity contribution >= 4 is 40.7 Å². The van der Waals surface area contributed by atoms with Gasteiger partial charge in [-0.05, 0) is 12.1 Å². The SMILES string of the molecule is CN(CCCl)C(=O)c1cccc(Cl)c1Cl. The van der Waals surface area contributed by atoms with Crippen molar-refractivity contribution in [2.45, 2.75) is 0 Å². The zero-order chi connectivity index (χ0) is 11.4. The van der Waals surface area contributed by atoms with Gasteiger partial charge in [0, 0.05) is 19.5 Å². The van der Waals surface area contributed by atoms with Crippen molar-refractivity contribution < 1.29 is 4.79 Å². The van der Waals surface area contributed by atoms with Gasteiger partial charge in [-0.3, -0.25) is 4.79 Å². The summed E-state index contributed by atoms with van der Waals surface area (Å²) in [5, 5.41) is 0.660. The molecule has 1 rings (SSSR count). The van der Waals surface area contributed by atoms with E-state index in [1.54, 1.807) is 25.2 Å². The first kappa shape index (κ1) is 12.6. The smallest absolute Gasteiger partial charge is 0.255 e. The van der Waals surface area contributed by atoms with Crippen LogP contribution >= 0.6 is 34.8 Å². The molecule has 0 aliphatic carbocycles. The molecule has 1 amide bonds. The summed E-state index contributed by atoms with van der Waals surface area (Å²) in [7, 11) is 1.67. The molecule has 0 spiro atoms. The van der Waals surface area contributed by atoms with E-state index in [0.29, 0.717) is 23.0 Å². The van der Waals surface area contributed by atoms with Gasteiger partial charge in [-0.25, -0.2) is 0 Å². The Kier molecular flexibility index (Phi) is 4.71. The van der Waals surface area contributed by atoms with E-state index < -0.39 is 0 Å². The normalized spacial score (nSPS) is 10.1. The second kappa shape index (κ2) is 5.59. The Morgan fingerprint density at radius 1 is 1.40 bits per heavy atom. The molecule has 82 valence electrons. The molecule has 0 aliphatic rings. The summed E-state index contributed by atoms with van der Waals surface area (Å²) in [6.07, 6.45) is 0. The van der Waals surface area contributed by atoms with Crippen LogP contribution in [0.5, 0.6) is 0 Å². The van der Waals surface area contributed by atoms with Crippen LogP contribution < -0.4 is 0 Å². The third kappa shape index (κ3) is 3.00. The average Bonchev–Trinajstić information content (AvgIpc) is 2.21. The summed E-state index contributed by atoms with van der Waals surface area (Å²) < 4.78 is 0. The van der Waals surface area contributed by atoms with Crippen LogP contribution in [0.2, 0.25) is 10.0 Å². The molecule has 0 radical (unpaired) electrons. The first-order valence-electron chi connectivity index (χ1n) is 4.33. The van der Waals surface area contributed by atoms with Crippen molar-refractivity contribution in [3.8, 4) is 0 Å². The lowest BCUT2D eigenvalue weighted by Crippen LogP contribution is -2.28. The molecule has 15 heavy (non-hydrogen) atoms. The predicted octanol–water partition coefficient (Wildman–Crippen LogP) is 3.30. The molecule has 0 N–H and O–H groups in total. The highest BCUT2D eigenvalue weighted by molar-refractivity contribution is 6.43. The van der Waals surface area contributed by atoms with Crippen LogP contribution in [0.4, 0.5) is 0 Å². The van der Waals surface area contributed by atoms with E-state index in [-0.39, 0.29) is 10.9 Å². The summed E-state index contributed by atoms with van der Waals surface area (Å²) in [5.74, 6) is 0.212. The Morgan fingerprint density at radius 3 is 2.67 bits per heavy atom. The summed E-state index contributed by atoms with van der Waals surface area (Å²) in [6.45, 7) is 0.475. The lowest BCUT2D eigenvalue weighted by molar-refractivity contribution is 0.0803.